The number of halogens is 1. The van der Waals surface area contributed by atoms with Crippen LogP contribution in [0.15, 0.2) is 83.8 Å². The minimum absolute atomic E-state index is 0.0630. The molecule has 1 N–H and O–H groups in total. The van der Waals surface area contributed by atoms with Crippen LogP contribution >= 0.6 is 0 Å². The Hall–Kier alpha value is -3.03. The molecular formula is C23H23FN2O3S. The quantitative estimate of drug-likeness (QED) is 0.597. The van der Waals surface area contributed by atoms with Crippen LogP contribution in [0.4, 0.5) is 10.1 Å². The van der Waals surface area contributed by atoms with Crippen molar-refractivity contribution in [3.63, 3.8) is 0 Å². The van der Waals surface area contributed by atoms with E-state index in [0.29, 0.717) is 0 Å². The third-order valence-corrected chi connectivity index (χ3v) is 6.64. The van der Waals surface area contributed by atoms with Gasteiger partial charge in [0.25, 0.3) is 5.91 Å². The summed E-state index contributed by atoms with van der Waals surface area (Å²) in [5.41, 5.74) is 1.18. The Bertz CT molecular complexity index is 1110. The molecule has 0 atom stereocenters. The van der Waals surface area contributed by atoms with E-state index in [4.69, 9.17) is 0 Å². The molecule has 0 heterocycles. The highest BCUT2D eigenvalue weighted by molar-refractivity contribution is 7.89. The normalized spacial score (nSPS) is 11.6. The zero-order chi connectivity index (χ0) is 21.7. The molecule has 0 radical (unpaired) electrons. The third kappa shape index (κ3) is 4.93. The van der Waals surface area contributed by atoms with Gasteiger partial charge in [0.2, 0.25) is 10.0 Å². The first kappa shape index (κ1) is 21.7. The molecule has 0 aromatic heterocycles. The zero-order valence-electron chi connectivity index (χ0n) is 16.7. The lowest BCUT2D eigenvalue weighted by Gasteiger charge is -2.26. The fourth-order valence-corrected chi connectivity index (χ4v) is 4.60. The van der Waals surface area contributed by atoms with Crippen molar-refractivity contribution in [1.29, 1.82) is 0 Å². The molecule has 0 unspecified atom stereocenters. The molecule has 0 saturated heterocycles. The van der Waals surface area contributed by atoms with E-state index in [9.17, 15) is 17.6 Å². The average Bonchev–Trinajstić information content (AvgIpc) is 2.74. The summed E-state index contributed by atoms with van der Waals surface area (Å²) in [6.45, 7) is 3.88. The summed E-state index contributed by atoms with van der Waals surface area (Å²) in [5.74, 6) is -1.06. The summed E-state index contributed by atoms with van der Waals surface area (Å²) in [4.78, 5) is 12.5. The van der Waals surface area contributed by atoms with Crippen molar-refractivity contribution in [1.82, 2.24) is 4.31 Å². The number of hydrogen-bond donors (Lipinski definition) is 1. The standard InChI is InChI=1S/C23H23FN2O3S/c1-17(2)26(16-18-8-4-3-5-9-18)30(28,29)20-14-12-19(13-15-20)23(27)25-22-11-7-6-10-21(22)24/h3-15,17H,16H2,1-2H3,(H,25,27). The van der Waals surface area contributed by atoms with Crippen LogP contribution in [0.5, 0.6) is 0 Å². The van der Waals surface area contributed by atoms with Crippen LogP contribution < -0.4 is 5.32 Å². The van der Waals surface area contributed by atoms with Gasteiger partial charge in [-0.2, -0.15) is 4.31 Å². The van der Waals surface area contributed by atoms with E-state index in [1.165, 1.54) is 46.8 Å². The lowest BCUT2D eigenvalue weighted by molar-refractivity contribution is 0.102. The van der Waals surface area contributed by atoms with Crippen molar-refractivity contribution < 1.29 is 17.6 Å². The Kier molecular flexibility index (Phi) is 6.64. The van der Waals surface area contributed by atoms with Gasteiger partial charge in [-0.1, -0.05) is 42.5 Å². The minimum Gasteiger partial charge on any atom is -0.319 e. The van der Waals surface area contributed by atoms with E-state index in [0.717, 1.165) is 5.56 Å². The maximum atomic E-state index is 13.7. The first-order chi connectivity index (χ1) is 14.3. The second-order valence-electron chi connectivity index (χ2n) is 7.09. The first-order valence-corrected chi connectivity index (χ1v) is 10.9. The van der Waals surface area contributed by atoms with Gasteiger partial charge in [0.05, 0.1) is 10.6 Å². The molecule has 30 heavy (non-hydrogen) atoms. The van der Waals surface area contributed by atoms with Crippen molar-refractivity contribution in [2.45, 2.75) is 31.3 Å². The Balaban J connectivity index is 1.81. The summed E-state index contributed by atoms with van der Waals surface area (Å²) >= 11 is 0. The number of carbonyl (C=O) groups excluding carboxylic acids is 1. The van der Waals surface area contributed by atoms with Crippen LogP contribution in [0.25, 0.3) is 0 Å². The molecule has 3 aromatic carbocycles. The van der Waals surface area contributed by atoms with Crippen LogP contribution in [0.3, 0.4) is 0 Å². The number of carbonyl (C=O) groups is 1. The molecule has 0 aliphatic carbocycles. The zero-order valence-corrected chi connectivity index (χ0v) is 17.6. The molecule has 0 spiro atoms. The predicted molar refractivity (Wildman–Crippen MR) is 115 cm³/mol. The number of nitrogens with zero attached hydrogens (tertiary/aromatic N) is 1. The van der Waals surface area contributed by atoms with Crippen molar-refractivity contribution in [3.8, 4) is 0 Å². The Morgan fingerprint density at radius 1 is 0.933 bits per heavy atom. The maximum absolute atomic E-state index is 13.7. The van der Waals surface area contributed by atoms with E-state index in [1.54, 1.807) is 6.07 Å². The number of sulfonamides is 1. The molecule has 3 aromatic rings. The van der Waals surface area contributed by atoms with Gasteiger partial charge in [-0.05, 0) is 55.8 Å². The van der Waals surface area contributed by atoms with E-state index >= 15 is 0 Å². The molecule has 0 aliphatic heterocycles. The molecule has 0 fully saturated rings. The molecule has 0 aliphatic rings. The van der Waals surface area contributed by atoms with E-state index < -0.39 is 21.7 Å². The second-order valence-corrected chi connectivity index (χ2v) is 8.98. The highest BCUT2D eigenvalue weighted by atomic mass is 32.2. The largest absolute Gasteiger partial charge is 0.319 e. The summed E-state index contributed by atoms with van der Waals surface area (Å²) in [7, 11) is -3.76. The van der Waals surface area contributed by atoms with Crippen molar-refractivity contribution in [2.75, 3.05) is 5.32 Å². The number of anilines is 1. The van der Waals surface area contributed by atoms with Gasteiger partial charge in [0, 0.05) is 18.2 Å². The Morgan fingerprint density at radius 3 is 2.13 bits per heavy atom. The topological polar surface area (TPSA) is 66.5 Å². The molecule has 0 saturated carbocycles. The summed E-state index contributed by atoms with van der Waals surface area (Å²) in [6.07, 6.45) is 0. The molecule has 3 rings (SSSR count). The maximum Gasteiger partial charge on any atom is 0.255 e. The molecule has 1 amide bonds. The van der Waals surface area contributed by atoms with Crippen LogP contribution in [-0.2, 0) is 16.6 Å². The van der Waals surface area contributed by atoms with Crippen molar-refractivity contribution in [2.24, 2.45) is 0 Å². The van der Waals surface area contributed by atoms with Crippen LogP contribution in [0, 0.1) is 5.82 Å². The predicted octanol–water partition coefficient (Wildman–Crippen LogP) is 4.68. The van der Waals surface area contributed by atoms with Gasteiger partial charge >= 0.3 is 0 Å². The lowest BCUT2D eigenvalue weighted by Crippen LogP contribution is -2.36. The van der Waals surface area contributed by atoms with Gasteiger partial charge in [0.15, 0.2) is 0 Å². The van der Waals surface area contributed by atoms with E-state index in [1.807, 2.05) is 44.2 Å². The van der Waals surface area contributed by atoms with E-state index in [-0.39, 0.29) is 28.7 Å². The number of hydrogen-bond acceptors (Lipinski definition) is 3. The lowest BCUT2D eigenvalue weighted by atomic mass is 10.2. The van der Waals surface area contributed by atoms with Crippen LogP contribution in [0.1, 0.15) is 29.8 Å². The van der Waals surface area contributed by atoms with Gasteiger partial charge in [-0.25, -0.2) is 12.8 Å². The average molecular weight is 427 g/mol. The minimum atomic E-state index is -3.76. The molecule has 5 nitrogen and oxygen atoms in total. The van der Waals surface area contributed by atoms with Gasteiger partial charge in [0.1, 0.15) is 5.82 Å². The van der Waals surface area contributed by atoms with Gasteiger partial charge in [-0.15, -0.1) is 0 Å². The van der Waals surface area contributed by atoms with Crippen LogP contribution in [-0.4, -0.2) is 24.7 Å². The van der Waals surface area contributed by atoms with Gasteiger partial charge in [-0.3, -0.25) is 4.79 Å². The molecular weight excluding hydrogens is 403 g/mol. The number of nitrogens with one attached hydrogen (secondary N) is 1. The van der Waals surface area contributed by atoms with Crippen molar-refractivity contribution in [3.05, 3.63) is 95.8 Å². The summed E-state index contributed by atoms with van der Waals surface area (Å²) < 4.78 is 41.5. The highest BCUT2D eigenvalue weighted by Gasteiger charge is 2.27. The third-order valence-electron chi connectivity index (χ3n) is 4.60. The molecule has 7 heteroatoms. The smallest absolute Gasteiger partial charge is 0.255 e. The van der Waals surface area contributed by atoms with Crippen molar-refractivity contribution >= 4 is 21.6 Å². The fourth-order valence-electron chi connectivity index (χ4n) is 2.98. The number of para-hydroxylation sites is 1. The van der Waals surface area contributed by atoms with Crippen LogP contribution in [0.2, 0.25) is 0 Å². The van der Waals surface area contributed by atoms with E-state index in [2.05, 4.69) is 5.32 Å². The Morgan fingerprint density at radius 2 is 1.53 bits per heavy atom. The number of rotatable bonds is 7. The summed E-state index contributed by atoms with van der Waals surface area (Å²) in [6, 6.07) is 20.6. The molecule has 0 bridgehead atoms. The second kappa shape index (κ2) is 9.19. The number of amides is 1. The first-order valence-electron chi connectivity index (χ1n) is 9.51. The monoisotopic (exact) mass is 426 g/mol. The number of benzene rings is 3. The fraction of sp³-hybridized carbons (Fsp3) is 0.174. The SMILES string of the molecule is CC(C)N(Cc1ccccc1)S(=O)(=O)c1ccc(C(=O)Nc2ccccc2F)cc1. The highest BCUT2D eigenvalue weighted by Crippen LogP contribution is 2.22. The van der Waals surface area contributed by atoms with Gasteiger partial charge < -0.3 is 5.32 Å². The Labute approximate surface area is 176 Å². The molecule has 156 valence electrons. The summed E-state index contributed by atoms with van der Waals surface area (Å²) in [5, 5.41) is 2.48.